The molecule has 0 atom stereocenters. The van der Waals surface area contributed by atoms with Gasteiger partial charge in [-0.05, 0) is 30.9 Å². The number of aryl methyl sites for hydroxylation is 1. The number of para-hydroxylation sites is 1. The SMILES string of the molecule is CCCc1cc(C(=O)N2CCCCCCCN(C(C)=O)c3ccccc3C2)no1. The van der Waals surface area contributed by atoms with E-state index < -0.39 is 0 Å². The lowest BCUT2D eigenvalue weighted by Gasteiger charge is -2.28. The van der Waals surface area contributed by atoms with Crippen LogP contribution in [0.5, 0.6) is 0 Å². The minimum atomic E-state index is -0.114. The Morgan fingerprint density at radius 3 is 2.55 bits per heavy atom. The molecule has 1 aromatic heterocycles. The lowest BCUT2D eigenvalue weighted by atomic mass is 10.1. The zero-order valence-corrected chi connectivity index (χ0v) is 17.5. The number of carbonyl (C=O) groups excluding carboxylic acids is 2. The number of hydrogen-bond donors (Lipinski definition) is 0. The Kier molecular flexibility index (Phi) is 7.44. The maximum atomic E-state index is 13.2. The molecule has 0 unspecified atom stereocenters. The maximum Gasteiger partial charge on any atom is 0.276 e. The number of nitrogens with zero attached hydrogens (tertiary/aromatic N) is 3. The van der Waals surface area contributed by atoms with Crippen LogP contribution in [0.4, 0.5) is 5.69 Å². The van der Waals surface area contributed by atoms with E-state index in [0.717, 1.165) is 62.0 Å². The Labute approximate surface area is 172 Å². The third-order valence-corrected chi connectivity index (χ3v) is 5.40. The summed E-state index contributed by atoms with van der Waals surface area (Å²) in [5, 5.41) is 4.01. The number of amides is 2. The summed E-state index contributed by atoms with van der Waals surface area (Å²) >= 11 is 0. The average Bonchev–Trinajstić information content (AvgIpc) is 3.16. The summed E-state index contributed by atoms with van der Waals surface area (Å²) in [7, 11) is 0. The molecule has 0 N–H and O–H groups in total. The molecule has 2 amide bonds. The van der Waals surface area contributed by atoms with Crippen LogP contribution in [0.3, 0.4) is 0 Å². The molecule has 0 saturated carbocycles. The van der Waals surface area contributed by atoms with Gasteiger partial charge >= 0.3 is 0 Å². The van der Waals surface area contributed by atoms with Crippen molar-refractivity contribution in [3.05, 3.63) is 47.3 Å². The molecule has 0 aliphatic carbocycles. The van der Waals surface area contributed by atoms with Gasteiger partial charge in [0.2, 0.25) is 5.91 Å². The monoisotopic (exact) mass is 397 g/mol. The van der Waals surface area contributed by atoms with E-state index in [1.807, 2.05) is 34.1 Å². The normalized spacial score (nSPS) is 15.9. The molecule has 2 heterocycles. The van der Waals surface area contributed by atoms with E-state index in [9.17, 15) is 9.59 Å². The molecule has 6 nitrogen and oxygen atoms in total. The quantitative estimate of drug-likeness (QED) is 0.760. The Bertz CT molecular complexity index is 830. The van der Waals surface area contributed by atoms with Crippen molar-refractivity contribution in [2.45, 2.75) is 65.3 Å². The fourth-order valence-electron chi connectivity index (χ4n) is 3.86. The van der Waals surface area contributed by atoms with E-state index in [0.29, 0.717) is 25.3 Å². The van der Waals surface area contributed by atoms with Crippen LogP contribution in [0.25, 0.3) is 0 Å². The van der Waals surface area contributed by atoms with Gasteiger partial charge in [-0.1, -0.05) is 49.5 Å². The van der Waals surface area contributed by atoms with Crippen LogP contribution in [0.1, 0.15) is 74.2 Å². The van der Waals surface area contributed by atoms with Crippen molar-refractivity contribution < 1.29 is 14.1 Å². The highest BCUT2D eigenvalue weighted by atomic mass is 16.5. The van der Waals surface area contributed by atoms with E-state index in [1.54, 1.807) is 13.0 Å². The first-order valence-electron chi connectivity index (χ1n) is 10.7. The second kappa shape index (κ2) is 10.2. The van der Waals surface area contributed by atoms with Crippen molar-refractivity contribution in [3.63, 3.8) is 0 Å². The van der Waals surface area contributed by atoms with Crippen LogP contribution in [0.15, 0.2) is 34.9 Å². The molecule has 0 fully saturated rings. The van der Waals surface area contributed by atoms with Crippen LogP contribution in [-0.4, -0.2) is 35.0 Å². The number of carbonyl (C=O) groups is 2. The van der Waals surface area contributed by atoms with Gasteiger partial charge in [-0.3, -0.25) is 9.59 Å². The van der Waals surface area contributed by atoms with Crippen molar-refractivity contribution in [2.75, 3.05) is 18.0 Å². The zero-order valence-electron chi connectivity index (χ0n) is 17.5. The van der Waals surface area contributed by atoms with Crippen LogP contribution in [0, 0.1) is 0 Å². The summed E-state index contributed by atoms with van der Waals surface area (Å²) < 4.78 is 5.32. The number of hydrogen-bond acceptors (Lipinski definition) is 4. The smallest absolute Gasteiger partial charge is 0.276 e. The van der Waals surface area contributed by atoms with Crippen LogP contribution in [0.2, 0.25) is 0 Å². The second-order valence-electron chi connectivity index (χ2n) is 7.72. The van der Waals surface area contributed by atoms with Crippen molar-refractivity contribution >= 4 is 17.5 Å². The molecule has 156 valence electrons. The van der Waals surface area contributed by atoms with Gasteiger partial charge in [0, 0.05) is 44.7 Å². The van der Waals surface area contributed by atoms with E-state index >= 15 is 0 Å². The summed E-state index contributed by atoms with van der Waals surface area (Å²) in [5.74, 6) is 0.666. The van der Waals surface area contributed by atoms with Gasteiger partial charge in [0.25, 0.3) is 5.91 Å². The topological polar surface area (TPSA) is 66.7 Å². The van der Waals surface area contributed by atoms with Crippen molar-refractivity contribution in [2.24, 2.45) is 0 Å². The first kappa shape index (κ1) is 21.1. The number of aromatic nitrogens is 1. The fourth-order valence-corrected chi connectivity index (χ4v) is 3.86. The van der Waals surface area contributed by atoms with Crippen LogP contribution < -0.4 is 4.90 Å². The van der Waals surface area contributed by atoms with Gasteiger partial charge in [-0.15, -0.1) is 0 Å². The summed E-state index contributed by atoms with van der Waals surface area (Å²) in [5.41, 5.74) is 2.24. The molecule has 0 radical (unpaired) electrons. The molecule has 2 aromatic rings. The lowest BCUT2D eigenvalue weighted by Crippen LogP contribution is -2.35. The molecule has 1 aromatic carbocycles. The molecule has 0 bridgehead atoms. The Morgan fingerprint density at radius 2 is 1.79 bits per heavy atom. The van der Waals surface area contributed by atoms with Gasteiger partial charge in [0.05, 0.1) is 0 Å². The Balaban J connectivity index is 1.89. The molecular weight excluding hydrogens is 366 g/mol. The largest absolute Gasteiger partial charge is 0.361 e. The molecular formula is C23H31N3O3. The van der Waals surface area contributed by atoms with E-state index in [1.165, 1.54) is 0 Å². The van der Waals surface area contributed by atoms with E-state index in [2.05, 4.69) is 12.1 Å². The summed E-state index contributed by atoms with van der Waals surface area (Å²) in [6, 6.07) is 9.64. The zero-order chi connectivity index (χ0) is 20.6. The van der Waals surface area contributed by atoms with E-state index in [-0.39, 0.29) is 11.8 Å². The highest BCUT2D eigenvalue weighted by Gasteiger charge is 2.23. The number of benzene rings is 1. The van der Waals surface area contributed by atoms with Gasteiger partial charge in [-0.2, -0.15) is 0 Å². The van der Waals surface area contributed by atoms with Crippen LogP contribution >= 0.6 is 0 Å². The van der Waals surface area contributed by atoms with Gasteiger partial charge in [-0.25, -0.2) is 0 Å². The minimum Gasteiger partial charge on any atom is -0.361 e. The van der Waals surface area contributed by atoms with Crippen molar-refractivity contribution in [1.82, 2.24) is 10.1 Å². The lowest BCUT2D eigenvalue weighted by molar-refractivity contribution is -0.116. The molecule has 6 heteroatoms. The highest BCUT2D eigenvalue weighted by molar-refractivity contribution is 5.93. The third kappa shape index (κ3) is 5.46. The van der Waals surface area contributed by atoms with Crippen LogP contribution in [-0.2, 0) is 17.8 Å². The Hall–Kier alpha value is -2.63. The molecule has 1 aliphatic rings. The standard InChI is InChI=1S/C23H31N3O3/c1-3-11-20-16-21(24-29-20)23(28)25-14-9-5-4-6-10-15-26(18(2)27)22-13-8-7-12-19(22)17-25/h7-8,12-13,16H,3-6,9-11,14-15,17H2,1-2H3. The predicted molar refractivity (Wildman–Crippen MR) is 113 cm³/mol. The first-order valence-corrected chi connectivity index (χ1v) is 10.7. The predicted octanol–water partition coefficient (Wildman–Crippen LogP) is 4.59. The van der Waals surface area contributed by atoms with Crippen molar-refractivity contribution in [3.8, 4) is 0 Å². The molecule has 29 heavy (non-hydrogen) atoms. The number of rotatable bonds is 3. The summed E-state index contributed by atoms with van der Waals surface area (Å²) in [6.07, 6.45) is 6.95. The Morgan fingerprint density at radius 1 is 1.07 bits per heavy atom. The molecule has 0 saturated heterocycles. The summed E-state index contributed by atoms with van der Waals surface area (Å²) in [4.78, 5) is 29.2. The van der Waals surface area contributed by atoms with Gasteiger partial charge < -0.3 is 14.3 Å². The second-order valence-corrected chi connectivity index (χ2v) is 7.72. The minimum absolute atomic E-state index is 0.0353. The molecule has 0 spiro atoms. The maximum absolute atomic E-state index is 13.2. The molecule has 1 aliphatic heterocycles. The number of fused-ring (bicyclic) bond motifs is 1. The molecule has 3 rings (SSSR count). The summed E-state index contributed by atoms with van der Waals surface area (Å²) in [6.45, 7) is 5.51. The van der Waals surface area contributed by atoms with Crippen molar-refractivity contribution in [1.29, 1.82) is 0 Å². The van der Waals surface area contributed by atoms with E-state index in [4.69, 9.17) is 4.52 Å². The first-order chi connectivity index (χ1) is 14.1. The van der Waals surface area contributed by atoms with Gasteiger partial charge in [0.1, 0.15) is 5.76 Å². The third-order valence-electron chi connectivity index (χ3n) is 5.40. The average molecular weight is 398 g/mol. The number of anilines is 1. The van der Waals surface area contributed by atoms with Gasteiger partial charge in [0.15, 0.2) is 5.69 Å². The highest BCUT2D eigenvalue weighted by Crippen LogP contribution is 2.25. The fraction of sp³-hybridized carbons (Fsp3) is 0.522.